The highest BCUT2D eigenvalue weighted by Crippen LogP contribution is 2.52. The lowest BCUT2D eigenvalue weighted by Crippen LogP contribution is -2.27. The number of rotatable bonds is 6. The molecule has 0 fully saturated rings. The lowest BCUT2D eigenvalue weighted by atomic mass is 10.3. The first kappa shape index (κ1) is 22.4. The Bertz CT molecular complexity index is 779. The van der Waals surface area contributed by atoms with Crippen LogP contribution in [0, 0.1) is 0 Å². The molecule has 0 radical (unpaired) electrons. The van der Waals surface area contributed by atoms with E-state index in [-0.39, 0.29) is 21.3 Å². The summed E-state index contributed by atoms with van der Waals surface area (Å²) in [5.41, 5.74) is -2.58. The number of ether oxygens (including phenoxy) is 2. The largest absolute Gasteiger partial charge is 0.496 e. The summed E-state index contributed by atoms with van der Waals surface area (Å²) < 4.78 is 89.3. The van der Waals surface area contributed by atoms with Crippen molar-refractivity contribution < 1.29 is 35.8 Å². The van der Waals surface area contributed by atoms with E-state index in [1.54, 1.807) is 12.1 Å². The number of benzene rings is 2. The molecule has 2 aromatic carbocycles. The number of halogens is 6. The quantitative estimate of drug-likeness (QED) is 0.358. The van der Waals surface area contributed by atoms with Crippen molar-refractivity contribution in [2.45, 2.75) is 22.1 Å². The van der Waals surface area contributed by atoms with E-state index in [0.29, 0.717) is 23.5 Å². The Morgan fingerprint density at radius 3 is 1.36 bits per heavy atom. The van der Waals surface area contributed by atoms with Gasteiger partial charge in [0.25, 0.3) is 0 Å². The summed E-state index contributed by atoms with van der Waals surface area (Å²) in [4.78, 5) is 0.238. The third-order valence-corrected chi connectivity index (χ3v) is 5.71. The monoisotopic (exact) mass is 440 g/mol. The molecule has 0 heterocycles. The van der Waals surface area contributed by atoms with Crippen LogP contribution in [0.4, 0.5) is 26.3 Å². The van der Waals surface area contributed by atoms with Gasteiger partial charge in [0.05, 0.1) is 28.2 Å². The van der Waals surface area contributed by atoms with Gasteiger partial charge in [0, 0.05) is 0 Å². The molecule has 0 unspecified atom stereocenters. The van der Waals surface area contributed by atoms with Gasteiger partial charge < -0.3 is 9.47 Å². The second-order valence-electron chi connectivity index (χ2n) is 5.16. The molecule has 0 N–H and O–H groups in total. The highest BCUT2D eigenvalue weighted by Gasteiger charge is 2.53. The van der Waals surface area contributed by atoms with Crippen LogP contribution < -0.4 is 9.47 Å². The summed E-state index contributed by atoms with van der Waals surface area (Å²) in [7, 11) is 2.56. The first-order chi connectivity index (χ1) is 13.1. The molecule has 0 aliphatic carbocycles. The molecule has 0 aliphatic rings. The first-order valence-electron chi connectivity index (χ1n) is 7.58. The molecule has 152 valence electrons. The van der Waals surface area contributed by atoms with Gasteiger partial charge >= 0.3 is 12.4 Å². The van der Waals surface area contributed by atoms with Crippen molar-refractivity contribution in [3.63, 3.8) is 0 Å². The zero-order chi connectivity index (χ0) is 20.9. The molecule has 0 saturated carbocycles. The third kappa shape index (κ3) is 5.54. The molecule has 0 aromatic heterocycles. The van der Waals surface area contributed by atoms with Gasteiger partial charge in [0.2, 0.25) is 0 Å². The molecule has 0 aliphatic heterocycles. The summed E-state index contributed by atoms with van der Waals surface area (Å²) in [6, 6.07) is 11.8. The number of para-hydroxylation sites is 2. The number of methoxy groups -OCH3 is 2. The Hall–Kier alpha value is -1.94. The van der Waals surface area contributed by atoms with Crippen molar-refractivity contribution in [3.05, 3.63) is 58.3 Å². The Kier molecular flexibility index (Phi) is 7.22. The average molecular weight is 440 g/mol. The predicted octanol–water partition coefficient (Wildman–Crippen LogP) is 6.92. The van der Waals surface area contributed by atoms with Gasteiger partial charge in [0.15, 0.2) is 5.57 Å². The van der Waals surface area contributed by atoms with Crippen molar-refractivity contribution in [2.75, 3.05) is 14.2 Å². The average Bonchev–Trinajstić information content (AvgIpc) is 2.60. The fraction of sp³-hybridized carbons (Fsp3) is 0.222. The molecule has 2 aromatic rings. The van der Waals surface area contributed by atoms with E-state index >= 15 is 0 Å². The number of thioether (sulfide) groups is 2. The molecule has 0 bridgehead atoms. The van der Waals surface area contributed by atoms with Gasteiger partial charge in [-0.3, -0.25) is 0 Å². The third-order valence-electron chi connectivity index (χ3n) is 3.31. The highest BCUT2D eigenvalue weighted by molar-refractivity contribution is 8.22. The smallest absolute Gasteiger partial charge is 0.422 e. The van der Waals surface area contributed by atoms with Crippen LogP contribution in [0.25, 0.3) is 0 Å². The lowest BCUT2D eigenvalue weighted by Gasteiger charge is -2.20. The van der Waals surface area contributed by atoms with Gasteiger partial charge in [-0.2, -0.15) is 26.3 Å². The maximum atomic E-state index is 13.4. The number of allylic oxidation sites excluding steroid dienone is 1. The summed E-state index contributed by atoms with van der Waals surface area (Å²) in [5, 5.41) is 0. The Morgan fingerprint density at radius 2 is 1.04 bits per heavy atom. The van der Waals surface area contributed by atoms with Crippen molar-refractivity contribution in [2.24, 2.45) is 0 Å². The van der Waals surface area contributed by atoms with Crippen LogP contribution >= 0.6 is 23.5 Å². The second-order valence-corrected chi connectivity index (χ2v) is 7.53. The van der Waals surface area contributed by atoms with Gasteiger partial charge in [-0.25, -0.2) is 0 Å². The summed E-state index contributed by atoms with van der Waals surface area (Å²) >= 11 is 0.676. The summed E-state index contributed by atoms with van der Waals surface area (Å²) in [6.07, 6.45) is -11.2. The summed E-state index contributed by atoms with van der Waals surface area (Å²) in [6.45, 7) is 0. The van der Waals surface area contributed by atoms with Crippen molar-refractivity contribution in [1.82, 2.24) is 0 Å². The topological polar surface area (TPSA) is 18.5 Å². The minimum absolute atomic E-state index is 0.119. The SMILES string of the molecule is COc1ccccc1SC(Sc1ccccc1OC)=C(C(F)(F)F)C(F)(F)F. The fourth-order valence-corrected chi connectivity index (χ4v) is 4.69. The number of hydrogen-bond donors (Lipinski definition) is 0. The van der Waals surface area contributed by atoms with E-state index in [1.165, 1.54) is 50.6 Å². The zero-order valence-electron chi connectivity index (χ0n) is 14.5. The van der Waals surface area contributed by atoms with Crippen LogP contribution in [-0.2, 0) is 0 Å². The van der Waals surface area contributed by atoms with Gasteiger partial charge in [-0.15, -0.1) is 0 Å². The predicted molar refractivity (Wildman–Crippen MR) is 96.8 cm³/mol. The molecule has 28 heavy (non-hydrogen) atoms. The molecular formula is C18H14F6O2S2. The van der Waals surface area contributed by atoms with Gasteiger partial charge in [-0.1, -0.05) is 47.8 Å². The Balaban J connectivity index is 2.65. The van der Waals surface area contributed by atoms with Crippen LogP contribution in [0.5, 0.6) is 11.5 Å². The van der Waals surface area contributed by atoms with Crippen LogP contribution in [0.15, 0.2) is 68.1 Å². The van der Waals surface area contributed by atoms with E-state index < -0.39 is 22.2 Å². The maximum absolute atomic E-state index is 13.4. The number of alkyl halides is 6. The summed E-state index contributed by atoms with van der Waals surface area (Å²) in [5.74, 6) is 0.323. The minimum Gasteiger partial charge on any atom is -0.496 e. The number of hydrogen-bond acceptors (Lipinski definition) is 4. The molecular weight excluding hydrogens is 426 g/mol. The lowest BCUT2D eigenvalue weighted by molar-refractivity contribution is -0.171. The van der Waals surface area contributed by atoms with E-state index in [1.807, 2.05) is 0 Å². The van der Waals surface area contributed by atoms with Gasteiger partial charge in [-0.05, 0) is 24.3 Å². The molecule has 0 saturated heterocycles. The minimum atomic E-state index is -5.60. The van der Waals surface area contributed by atoms with E-state index in [4.69, 9.17) is 9.47 Å². The highest BCUT2D eigenvalue weighted by atomic mass is 32.2. The second kappa shape index (κ2) is 9.04. The first-order valence-corrected chi connectivity index (χ1v) is 9.21. The van der Waals surface area contributed by atoms with E-state index in [0.717, 1.165) is 0 Å². The normalized spacial score (nSPS) is 11.9. The zero-order valence-corrected chi connectivity index (χ0v) is 16.2. The molecule has 0 atom stereocenters. The van der Waals surface area contributed by atoms with Crippen molar-refractivity contribution in [1.29, 1.82) is 0 Å². The van der Waals surface area contributed by atoms with Crippen molar-refractivity contribution in [3.8, 4) is 11.5 Å². The molecule has 0 amide bonds. The van der Waals surface area contributed by atoms with Gasteiger partial charge in [0.1, 0.15) is 11.5 Å². The Morgan fingerprint density at radius 1 is 0.679 bits per heavy atom. The van der Waals surface area contributed by atoms with Crippen molar-refractivity contribution >= 4 is 23.5 Å². The standard InChI is InChI=1S/C18H14F6O2S2/c1-25-11-7-3-5-9-13(11)27-16(15(17(19,20)21)18(22,23)24)28-14-10-6-4-8-12(14)26-2/h3-10H,1-2H3. The molecule has 2 rings (SSSR count). The van der Waals surface area contributed by atoms with E-state index in [9.17, 15) is 26.3 Å². The maximum Gasteiger partial charge on any atom is 0.422 e. The van der Waals surface area contributed by atoms with Crippen LogP contribution in [0.1, 0.15) is 0 Å². The Labute approximate surface area is 165 Å². The molecule has 2 nitrogen and oxygen atoms in total. The van der Waals surface area contributed by atoms with Crippen LogP contribution in [0.2, 0.25) is 0 Å². The van der Waals surface area contributed by atoms with E-state index in [2.05, 4.69) is 0 Å². The van der Waals surface area contributed by atoms with Crippen LogP contribution in [0.3, 0.4) is 0 Å². The molecule has 10 heteroatoms. The molecule has 0 spiro atoms. The van der Waals surface area contributed by atoms with Crippen LogP contribution in [-0.4, -0.2) is 26.6 Å². The fourth-order valence-electron chi connectivity index (χ4n) is 2.12.